The predicted molar refractivity (Wildman–Crippen MR) is 150 cm³/mol. The first-order valence-electron chi connectivity index (χ1n) is 13.2. The van der Waals surface area contributed by atoms with Gasteiger partial charge in [0.2, 0.25) is 20.8 Å². The molecule has 5 aromatic rings. The molecule has 2 fully saturated rings. The number of aliphatic hydroxyl groups is 1. The van der Waals surface area contributed by atoms with Gasteiger partial charge in [-0.05, 0) is 29.2 Å². The second-order valence-electron chi connectivity index (χ2n) is 10.5. The van der Waals surface area contributed by atoms with Crippen molar-refractivity contribution in [1.82, 2.24) is 23.9 Å². The molecule has 0 spiro atoms. The van der Waals surface area contributed by atoms with Gasteiger partial charge in [0.25, 0.3) is 5.56 Å². The van der Waals surface area contributed by atoms with Gasteiger partial charge in [-0.1, -0.05) is 56.3 Å². The van der Waals surface area contributed by atoms with E-state index in [0.717, 1.165) is 15.7 Å². The van der Waals surface area contributed by atoms with Crippen molar-refractivity contribution < 1.29 is 31.9 Å². The number of hydrogen-bond donors (Lipinski definition) is 2. The Morgan fingerprint density at radius 1 is 1.10 bits per heavy atom. The summed E-state index contributed by atoms with van der Waals surface area (Å²) in [6.07, 6.45) is -3.18. The number of hydrogen-bond acceptors (Lipinski definition) is 10. The fourth-order valence-corrected chi connectivity index (χ4v) is 7.58. The van der Waals surface area contributed by atoms with Crippen LogP contribution in [0.1, 0.15) is 31.6 Å². The summed E-state index contributed by atoms with van der Waals surface area (Å²) in [7, 11) is -7.22. The van der Waals surface area contributed by atoms with Gasteiger partial charge in [-0.25, -0.2) is 17.8 Å². The number of imidazole rings is 2. The molecular formula is C27H26N5O8PS. The number of nitrogens with zero attached hydrogens (tertiary/aromatic N) is 4. The van der Waals surface area contributed by atoms with Crippen LogP contribution in [0.5, 0.6) is 0 Å². The van der Waals surface area contributed by atoms with E-state index in [-0.39, 0.29) is 34.4 Å². The van der Waals surface area contributed by atoms with E-state index in [1.807, 2.05) is 44.2 Å². The number of fused-ring (bicyclic) bond motifs is 3. The largest absolute Gasteiger partial charge is 0.386 e. The molecule has 0 bridgehead atoms. The number of H-pyrrole nitrogens is 1. The average Bonchev–Trinajstić information content (AvgIpc) is 3.68. The number of aliphatic hydroxyl groups excluding tert-OH is 1. The first-order valence-corrected chi connectivity index (χ1v) is 15.9. The molecule has 0 radical (unpaired) electrons. The molecule has 0 saturated carbocycles. The minimum absolute atomic E-state index is 0.0602. The lowest BCUT2D eigenvalue weighted by Gasteiger charge is -2.24. The predicted octanol–water partition coefficient (Wildman–Crippen LogP) is 3.06. The highest BCUT2D eigenvalue weighted by molar-refractivity contribution is 7.91. The average molecular weight is 612 g/mol. The summed E-state index contributed by atoms with van der Waals surface area (Å²) in [5.74, 6) is 0.312. The van der Waals surface area contributed by atoms with Gasteiger partial charge in [-0.3, -0.25) is 13.9 Å². The number of benzene rings is 2. The first-order chi connectivity index (χ1) is 20.1. The molecule has 0 aliphatic carbocycles. The van der Waals surface area contributed by atoms with Crippen molar-refractivity contribution in [3.8, 4) is 11.3 Å². The van der Waals surface area contributed by atoms with Gasteiger partial charge in [0.1, 0.15) is 18.3 Å². The molecule has 13 nitrogen and oxygen atoms in total. The third-order valence-corrected chi connectivity index (χ3v) is 10.1. The van der Waals surface area contributed by atoms with Crippen molar-refractivity contribution in [3.05, 3.63) is 76.7 Å². The maximum atomic E-state index is 14.1. The fraction of sp³-hybridized carbons (Fsp3) is 0.296. The maximum Gasteiger partial charge on any atom is 0.319 e. The number of aromatic amines is 1. The van der Waals surface area contributed by atoms with Gasteiger partial charge in [-0.15, -0.1) is 0 Å². The maximum absolute atomic E-state index is 14.1. The van der Waals surface area contributed by atoms with Crippen LogP contribution in [-0.2, 0) is 28.2 Å². The van der Waals surface area contributed by atoms with Gasteiger partial charge in [0.05, 0.1) is 17.2 Å². The first kappa shape index (κ1) is 27.2. The Kier molecular flexibility index (Phi) is 6.46. The molecule has 5 heterocycles. The van der Waals surface area contributed by atoms with Crippen LogP contribution in [0.3, 0.4) is 0 Å². The lowest BCUT2D eigenvalue weighted by molar-refractivity contribution is -0.0585. The van der Waals surface area contributed by atoms with Crippen molar-refractivity contribution in [2.45, 2.75) is 54.4 Å². The van der Waals surface area contributed by atoms with E-state index >= 15 is 0 Å². The van der Waals surface area contributed by atoms with Crippen LogP contribution in [0.4, 0.5) is 0 Å². The van der Waals surface area contributed by atoms with Crippen LogP contribution in [-0.4, -0.2) is 62.4 Å². The van der Waals surface area contributed by atoms with Crippen LogP contribution in [0.2, 0.25) is 0 Å². The van der Waals surface area contributed by atoms with Gasteiger partial charge in [0.15, 0.2) is 17.4 Å². The Bertz CT molecular complexity index is 2020. The lowest BCUT2D eigenvalue weighted by atomic mass is 10.0. The Morgan fingerprint density at radius 2 is 1.83 bits per heavy atom. The smallest absolute Gasteiger partial charge is 0.319 e. The molecule has 42 heavy (non-hydrogen) atoms. The molecule has 2 aliphatic rings. The summed E-state index contributed by atoms with van der Waals surface area (Å²) in [5, 5.41) is 10.7. The van der Waals surface area contributed by atoms with Gasteiger partial charge < -0.3 is 23.9 Å². The Labute approximate surface area is 239 Å². The molecule has 15 heteroatoms. The summed E-state index contributed by atoms with van der Waals surface area (Å²) in [5.41, 5.74) is 1.39. The Morgan fingerprint density at radius 3 is 2.55 bits per heavy atom. The van der Waals surface area contributed by atoms with Crippen LogP contribution in [0, 0.1) is 0 Å². The summed E-state index contributed by atoms with van der Waals surface area (Å²) in [6.45, 7) is 3.86. The normalized spacial score (nSPS) is 24.5. The number of rotatable bonds is 5. The Hall–Kier alpha value is -3.65. The zero-order chi connectivity index (χ0) is 29.3. The SMILES string of the molecule is CC(C)c1ccc(S(=O)(=O)c2nc3c(=O)n4cc(-c5ccccc5)[nH]c4nc3n2[C@@H]2OC3CO[PH](=O)O[C@H]3[C@@H]2O)cc1. The van der Waals surface area contributed by atoms with Crippen LogP contribution >= 0.6 is 8.25 Å². The van der Waals surface area contributed by atoms with Crippen LogP contribution in [0.25, 0.3) is 28.2 Å². The minimum Gasteiger partial charge on any atom is -0.386 e. The molecular weight excluding hydrogens is 585 g/mol. The summed E-state index contributed by atoms with van der Waals surface area (Å²) in [6, 6.07) is 15.7. The van der Waals surface area contributed by atoms with E-state index in [1.54, 1.807) is 18.3 Å². The zero-order valence-electron chi connectivity index (χ0n) is 22.4. The molecule has 7 rings (SSSR count). The van der Waals surface area contributed by atoms with Crippen LogP contribution in [0.15, 0.2) is 75.6 Å². The third kappa shape index (κ3) is 4.25. The summed E-state index contributed by atoms with van der Waals surface area (Å²) in [4.78, 5) is 25.7. The third-order valence-electron chi connectivity index (χ3n) is 7.56. The zero-order valence-corrected chi connectivity index (χ0v) is 24.2. The number of aromatic nitrogens is 5. The van der Waals surface area contributed by atoms with Crippen LogP contribution < -0.4 is 5.56 Å². The molecule has 5 atom stereocenters. The minimum atomic E-state index is -4.35. The van der Waals surface area contributed by atoms with E-state index in [0.29, 0.717) is 5.69 Å². The van der Waals surface area contributed by atoms with E-state index in [1.165, 1.54) is 16.5 Å². The fourth-order valence-electron chi connectivity index (χ4n) is 5.34. The monoisotopic (exact) mass is 611 g/mol. The van der Waals surface area contributed by atoms with E-state index in [2.05, 4.69) is 15.0 Å². The summed E-state index contributed by atoms with van der Waals surface area (Å²) < 4.78 is 58.8. The van der Waals surface area contributed by atoms with Crippen molar-refractivity contribution >= 4 is 35.0 Å². The second-order valence-corrected chi connectivity index (χ2v) is 13.4. The lowest BCUT2D eigenvalue weighted by Crippen LogP contribution is -2.37. The van der Waals surface area contributed by atoms with Crippen molar-refractivity contribution in [3.63, 3.8) is 0 Å². The molecule has 2 unspecified atom stereocenters. The standard InChI is InChI=1S/C27H26N5O8PS/c1-14(2)15-8-10-17(11-9-15)42(36,37)27-29-20-23(32(27)25-21(33)22-19(39-25)13-38-41(35)40-22)30-26-28-18(12-31(26)24(20)34)16-6-4-3-5-7-16/h3-12,14,19,21-22,25,33,41H,13H2,1-2H3,(H,28,30)/t19?,21-,22+,25+/m0/s1. The molecule has 2 saturated heterocycles. The Balaban J connectivity index is 1.45. The number of nitrogens with one attached hydrogen (secondary N) is 1. The molecule has 218 valence electrons. The van der Waals surface area contributed by atoms with Gasteiger partial charge in [-0.2, -0.15) is 4.98 Å². The van der Waals surface area contributed by atoms with Gasteiger partial charge in [0, 0.05) is 6.20 Å². The van der Waals surface area contributed by atoms with Crippen molar-refractivity contribution in [2.24, 2.45) is 0 Å². The molecule has 2 aliphatic heterocycles. The molecule has 3 aromatic heterocycles. The molecule has 0 amide bonds. The van der Waals surface area contributed by atoms with Crippen molar-refractivity contribution in [2.75, 3.05) is 6.61 Å². The quantitative estimate of drug-likeness (QED) is 0.282. The summed E-state index contributed by atoms with van der Waals surface area (Å²) >= 11 is 0. The van der Waals surface area contributed by atoms with E-state index in [4.69, 9.17) is 13.8 Å². The number of ether oxygens (including phenoxy) is 1. The second kappa shape index (κ2) is 9.97. The molecule has 2 aromatic carbocycles. The highest BCUT2D eigenvalue weighted by Gasteiger charge is 2.51. The number of sulfone groups is 1. The topological polar surface area (TPSA) is 167 Å². The van der Waals surface area contributed by atoms with Crippen molar-refractivity contribution in [1.29, 1.82) is 0 Å². The van der Waals surface area contributed by atoms with E-state index in [9.17, 15) is 22.9 Å². The highest BCUT2D eigenvalue weighted by atomic mass is 32.2. The molecule has 2 N–H and O–H groups in total. The van der Waals surface area contributed by atoms with Gasteiger partial charge >= 0.3 is 8.25 Å². The van der Waals surface area contributed by atoms with E-state index < -0.39 is 53.3 Å². The highest BCUT2D eigenvalue weighted by Crippen LogP contribution is 2.44.